The Morgan fingerprint density at radius 1 is 1.09 bits per heavy atom. The number of carbonyl (C=O) groups excluding carboxylic acids is 1. The van der Waals surface area contributed by atoms with E-state index >= 15 is 0 Å². The lowest BCUT2D eigenvalue weighted by molar-refractivity contribution is -0.117. The van der Waals surface area contributed by atoms with Crippen LogP contribution in [0, 0.1) is 12.7 Å². The van der Waals surface area contributed by atoms with Gasteiger partial charge in [0, 0.05) is 23.5 Å². The molecule has 2 aromatic heterocycles. The SMILES string of the molecule is COc1ccc(NC(=O)Cn2nc3cc(C)nc(Nc4ccc(F)cc4)n3c2=O)c(OC)c1. The third kappa shape index (κ3) is 4.61. The summed E-state index contributed by atoms with van der Waals surface area (Å²) in [5, 5.41) is 9.96. The van der Waals surface area contributed by atoms with Crippen molar-refractivity contribution in [1.82, 2.24) is 19.2 Å². The van der Waals surface area contributed by atoms with Crippen molar-refractivity contribution in [3.05, 3.63) is 70.5 Å². The number of fused-ring (bicyclic) bond motifs is 1. The average molecular weight is 452 g/mol. The summed E-state index contributed by atoms with van der Waals surface area (Å²) < 4.78 is 25.9. The number of anilines is 3. The maximum absolute atomic E-state index is 13.2. The number of benzene rings is 2. The number of hydrogen-bond donors (Lipinski definition) is 2. The molecule has 11 heteroatoms. The number of amides is 1. The molecule has 0 radical (unpaired) electrons. The fourth-order valence-corrected chi connectivity index (χ4v) is 3.23. The highest BCUT2D eigenvalue weighted by Crippen LogP contribution is 2.29. The van der Waals surface area contributed by atoms with Crippen LogP contribution in [-0.4, -0.2) is 39.3 Å². The monoisotopic (exact) mass is 452 g/mol. The number of carbonyl (C=O) groups is 1. The summed E-state index contributed by atoms with van der Waals surface area (Å²) in [6, 6.07) is 12.2. The molecule has 2 N–H and O–H groups in total. The van der Waals surface area contributed by atoms with Crippen LogP contribution in [0.3, 0.4) is 0 Å². The van der Waals surface area contributed by atoms with Crippen molar-refractivity contribution in [2.24, 2.45) is 0 Å². The molecule has 4 rings (SSSR count). The van der Waals surface area contributed by atoms with Gasteiger partial charge >= 0.3 is 5.69 Å². The molecule has 0 atom stereocenters. The lowest BCUT2D eigenvalue weighted by Gasteiger charge is -2.11. The standard InChI is InChI=1S/C22H21FN6O4/c1-13-10-19-27-28(12-20(30)26-17-9-8-16(32-2)11-18(17)33-3)22(31)29(19)21(24-13)25-15-6-4-14(23)5-7-15/h4-11H,12H2,1-3H3,(H,24,25)(H,26,30). The second kappa shape index (κ2) is 8.99. The van der Waals surface area contributed by atoms with Gasteiger partial charge in [0.25, 0.3) is 0 Å². The number of nitrogens with zero attached hydrogens (tertiary/aromatic N) is 4. The van der Waals surface area contributed by atoms with Gasteiger partial charge in [-0.15, -0.1) is 5.10 Å². The maximum atomic E-state index is 13.2. The van der Waals surface area contributed by atoms with E-state index in [1.807, 2.05) is 0 Å². The van der Waals surface area contributed by atoms with Crippen LogP contribution in [0.2, 0.25) is 0 Å². The van der Waals surface area contributed by atoms with Crippen molar-refractivity contribution in [1.29, 1.82) is 0 Å². The molecule has 4 aromatic rings. The van der Waals surface area contributed by atoms with E-state index in [1.165, 1.54) is 42.9 Å². The normalized spacial score (nSPS) is 10.8. The summed E-state index contributed by atoms with van der Waals surface area (Å²) in [4.78, 5) is 30.0. The van der Waals surface area contributed by atoms with Gasteiger partial charge in [-0.3, -0.25) is 4.79 Å². The van der Waals surface area contributed by atoms with Crippen LogP contribution in [0.4, 0.5) is 21.7 Å². The predicted molar refractivity (Wildman–Crippen MR) is 120 cm³/mol. The number of aryl methyl sites for hydroxylation is 1. The molecule has 0 aliphatic carbocycles. The van der Waals surface area contributed by atoms with E-state index in [0.717, 1.165) is 4.68 Å². The molecule has 0 saturated carbocycles. The van der Waals surface area contributed by atoms with E-state index in [4.69, 9.17) is 9.47 Å². The van der Waals surface area contributed by atoms with Crippen molar-refractivity contribution in [2.75, 3.05) is 24.9 Å². The van der Waals surface area contributed by atoms with Crippen molar-refractivity contribution < 1.29 is 18.7 Å². The molecule has 0 aliphatic rings. The summed E-state index contributed by atoms with van der Waals surface area (Å²) in [6.07, 6.45) is 0. The molecule has 33 heavy (non-hydrogen) atoms. The van der Waals surface area contributed by atoms with Crippen molar-refractivity contribution in [2.45, 2.75) is 13.5 Å². The molecular formula is C22H21FN6O4. The maximum Gasteiger partial charge on any atom is 0.353 e. The van der Waals surface area contributed by atoms with E-state index in [0.29, 0.717) is 34.2 Å². The topological polar surface area (TPSA) is 112 Å². The minimum absolute atomic E-state index is 0.199. The van der Waals surface area contributed by atoms with Crippen molar-refractivity contribution in [3.63, 3.8) is 0 Å². The summed E-state index contributed by atoms with van der Waals surface area (Å²) in [5.74, 6) is 0.334. The zero-order valence-corrected chi connectivity index (χ0v) is 18.1. The van der Waals surface area contributed by atoms with Gasteiger partial charge < -0.3 is 20.1 Å². The van der Waals surface area contributed by atoms with Gasteiger partial charge in [0.2, 0.25) is 11.9 Å². The highest BCUT2D eigenvalue weighted by molar-refractivity contribution is 5.92. The highest BCUT2D eigenvalue weighted by atomic mass is 19.1. The summed E-state index contributed by atoms with van der Waals surface area (Å²) in [7, 11) is 3.00. The third-order valence-corrected chi connectivity index (χ3v) is 4.77. The second-order valence-corrected chi connectivity index (χ2v) is 7.10. The summed E-state index contributed by atoms with van der Waals surface area (Å²) in [6.45, 7) is 1.42. The van der Waals surface area contributed by atoms with Crippen molar-refractivity contribution in [3.8, 4) is 11.5 Å². The molecule has 0 aliphatic heterocycles. The van der Waals surface area contributed by atoms with Gasteiger partial charge in [0.1, 0.15) is 23.9 Å². The molecule has 2 heterocycles. The summed E-state index contributed by atoms with van der Waals surface area (Å²) >= 11 is 0. The number of nitrogens with one attached hydrogen (secondary N) is 2. The predicted octanol–water partition coefficient (Wildman–Crippen LogP) is 2.74. The van der Waals surface area contributed by atoms with Crippen LogP contribution in [0.5, 0.6) is 11.5 Å². The number of ether oxygens (including phenoxy) is 2. The largest absolute Gasteiger partial charge is 0.497 e. The number of halogens is 1. The molecular weight excluding hydrogens is 431 g/mol. The van der Waals surface area contributed by atoms with Gasteiger partial charge in [-0.25, -0.2) is 23.3 Å². The van der Waals surface area contributed by atoms with Crippen LogP contribution in [0.15, 0.2) is 53.3 Å². The quantitative estimate of drug-likeness (QED) is 0.443. The molecule has 2 aromatic carbocycles. The fourth-order valence-electron chi connectivity index (χ4n) is 3.23. The zero-order valence-electron chi connectivity index (χ0n) is 18.1. The summed E-state index contributed by atoms with van der Waals surface area (Å²) in [5.41, 5.74) is 1.33. The van der Waals surface area contributed by atoms with Crippen LogP contribution < -0.4 is 25.8 Å². The molecule has 0 saturated heterocycles. The van der Waals surface area contributed by atoms with Crippen LogP contribution in [0.1, 0.15) is 5.69 Å². The van der Waals surface area contributed by atoms with E-state index in [-0.39, 0.29) is 18.3 Å². The van der Waals surface area contributed by atoms with Gasteiger partial charge in [0.05, 0.1) is 19.9 Å². The Kier molecular flexibility index (Phi) is 5.94. The first-order valence-corrected chi connectivity index (χ1v) is 9.89. The van der Waals surface area contributed by atoms with Crippen LogP contribution in [0.25, 0.3) is 5.65 Å². The third-order valence-electron chi connectivity index (χ3n) is 4.77. The van der Waals surface area contributed by atoms with Gasteiger partial charge in [-0.2, -0.15) is 0 Å². The number of methoxy groups -OCH3 is 2. The van der Waals surface area contributed by atoms with E-state index in [2.05, 4.69) is 20.7 Å². The lowest BCUT2D eigenvalue weighted by Crippen LogP contribution is -2.29. The Balaban J connectivity index is 1.61. The first-order valence-electron chi connectivity index (χ1n) is 9.89. The molecule has 0 spiro atoms. The van der Waals surface area contributed by atoms with Gasteiger partial charge in [0.15, 0.2) is 5.65 Å². The van der Waals surface area contributed by atoms with E-state index in [9.17, 15) is 14.0 Å². The van der Waals surface area contributed by atoms with Gasteiger partial charge in [-0.1, -0.05) is 0 Å². The Morgan fingerprint density at radius 2 is 1.85 bits per heavy atom. The Bertz CT molecular complexity index is 1380. The van der Waals surface area contributed by atoms with Crippen LogP contribution >= 0.6 is 0 Å². The van der Waals surface area contributed by atoms with E-state index in [1.54, 1.807) is 31.2 Å². The minimum Gasteiger partial charge on any atom is -0.497 e. The second-order valence-electron chi connectivity index (χ2n) is 7.10. The van der Waals surface area contributed by atoms with Crippen LogP contribution in [-0.2, 0) is 11.3 Å². The molecule has 0 bridgehead atoms. The minimum atomic E-state index is -0.557. The fraction of sp³-hybridized carbons (Fsp3) is 0.182. The van der Waals surface area contributed by atoms with Crippen molar-refractivity contribution >= 4 is 28.9 Å². The van der Waals surface area contributed by atoms with E-state index < -0.39 is 11.6 Å². The lowest BCUT2D eigenvalue weighted by atomic mass is 10.2. The molecule has 1 amide bonds. The molecule has 0 unspecified atom stereocenters. The molecule has 10 nitrogen and oxygen atoms in total. The number of aromatic nitrogens is 4. The molecule has 170 valence electrons. The average Bonchev–Trinajstić information content (AvgIpc) is 3.10. The Labute approximate surface area is 187 Å². The zero-order chi connectivity index (χ0) is 23.5. The number of hydrogen-bond acceptors (Lipinski definition) is 7. The Morgan fingerprint density at radius 3 is 2.55 bits per heavy atom. The van der Waals surface area contributed by atoms with Gasteiger partial charge in [-0.05, 0) is 43.3 Å². The highest BCUT2D eigenvalue weighted by Gasteiger charge is 2.16. The first kappa shape index (κ1) is 21.8. The Hall–Kier alpha value is -4.41. The molecule has 0 fully saturated rings. The first-order chi connectivity index (χ1) is 15.9. The smallest absolute Gasteiger partial charge is 0.353 e. The number of rotatable bonds is 7.